The standard InChI is InChI=1S/C22H29FN4O3/c1-4-5-19(27-22(29)26-12-16-6-9-18(23)10-7-16)21(28)25-14-17-8-11-20(24-13-17)30-15(2)3/h6-11,13,15,19H,4-5,12,14H2,1-3H3,(H,25,28)(H2,26,27,29). The lowest BCUT2D eigenvalue weighted by Crippen LogP contribution is -2.49. The summed E-state index contributed by atoms with van der Waals surface area (Å²) in [5.74, 6) is -0.0695. The Kier molecular flexibility index (Phi) is 9.05. The van der Waals surface area contributed by atoms with Gasteiger partial charge in [-0.1, -0.05) is 31.5 Å². The Hall–Kier alpha value is -3.16. The lowest BCUT2D eigenvalue weighted by molar-refractivity contribution is -0.123. The quantitative estimate of drug-likeness (QED) is 0.554. The van der Waals surface area contributed by atoms with Crippen molar-refractivity contribution in [3.8, 4) is 5.88 Å². The molecule has 0 aliphatic carbocycles. The van der Waals surface area contributed by atoms with Gasteiger partial charge < -0.3 is 20.7 Å². The van der Waals surface area contributed by atoms with Crippen LogP contribution in [0.15, 0.2) is 42.6 Å². The zero-order valence-corrected chi connectivity index (χ0v) is 17.6. The van der Waals surface area contributed by atoms with E-state index in [-0.39, 0.29) is 24.4 Å². The van der Waals surface area contributed by atoms with Crippen molar-refractivity contribution in [3.63, 3.8) is 0 Å². The molecule has 0 aliphatic heterocycles. The van der Waals surface area contributed by atoms with E-state index >= 15 is 0 Å². The maximum atomic E-state index is 12.9. The number of hydrogen-bond acceptors (Lipinski definition) is 4. The molecule has 0 bridgehead atoms. The van der Waals surface area contributed by atoms with Gasteiger partial charge in [-0.25, -0.2) is 14.2 Å². The van der Waals surface area contributed by atoms with Crippen LogP contribution < -0.4 is 20.7 Å². The molecule has 0 spiro atoms. The fourth-order valence-corrected chi connectivity index (χ4v) is 2.69. The smallest absolute Gasteiger partial charge is 0.315 e. The number of ether oxygens (including phenoxy) is 1. The summed E-state index contributed by atoms with van der Waals surface area (Å²) >= 11 is 0. The molecule has 2 rings (SSSR count). The first kappa shape index (κ1) is 23.1. The molecule has 1 heterocycles. The van der Waals surface area contributed by atoms with E-state index in [2.05, 4.69) is 20.9 Å². The predicted molar refractivity (Wildman–Crippen MR) is 112 cm³/mol. The number of halogens is 1. The third kappa shape index (κ3) is 8.06. The summed E-state index contributed by atoms with van der Waals surface area (Å²) in [6.07, 6.45) is 2.93. The second-order valence-corrected chi connectivity index (χ2v) is 7.18. The molecule has 1 aromatic heterocycles. The average molecular weight is 416 g/mol. The highest BCUT2D eigenvalue weighted by Crippen LogP contribution is 2.09. The van der Waals surface area contributed by atoms with Crippen LogP contribution >= 0.6 is 0 Å². The molecule has 0 saturated carbocycles. The number of hydrogen-bond donors (Lipinski definition) is 3. The van der Waals surface area contributed by atoms with Gasteiger partial charge in [0.25, 0.3) is 0 Å². The first-order chi connectivity index (χ1) is 14.4. The van der Waals surface area contributed by atoms with E-state index in [1.165, 1.54) is 12.1 Å². The summed E-state index contributed by atoms with van der Waals surface area (Å²) in [6.45, 7) is 6.32. The lowest BCUT2D eigenvalue weighted by Gasteiger charge is -2.18. The number of aromatic nitrogens is 1. The van der Waals surface area contributed by atoms with Crippen molar-refractivity contribution in [3.05, 3.63) is 59.5 Å². The van der Waals surface area contributed by atoms with Gasteiger partial charge in [-0.3, -0.25) is 4.79 Å². The molecular formula is C22H29FN4O3. The third-order valence-corrected chi connectivity index (χ3v) is 4.19. The first-order valence-corrected chi connectivity index (χ1v) is 10.1. The Morgan fingerprint density at radius 1 is 1.03 bits per heavy atom. The Balaban J connectivity index is 1.82. The Labute approximate surface area is 176 Å². The van der Waals surface area contributed by atoms with Gasteiger partial charge in [-0.05, 0) is 43.5 Å². The van der Waals surface area contributed by atoms with Crippen LogP contribution in [-0.2, 0) is 17.9 Å². The first-order valence-electron chi connectivity index (χ1n) is 10.1. The number of pyridine rings is 1. The topological polar surface area (TPSA) is 92.4 Å². The molecule has 30 heavy (non-hydrogen) atoms. The number of nitrogens with zero attached hydrogens (tertiary/aromatic N) is 1. The van der Waals surface area contributed by atoms with E-state index in [1.807, 2.05) is 26.8 Å². The molecule has 162 valence electrons. The summed E-state index contributed by atoms with van der Waals surface area (Å²) in [5.41, 5.74) is 1.59. The van der Waals surface area contributed by atoms with Crippen LogP contribution in [0.1, 0.15) is 44.7 Å². The van der Waals surface area contributed by atoms with E-state index in [4.69, 9.17) is 4.74 Å². The maximum Gasteiger partial charge on any atom is 0.315 e. The highest BCUT2D eigenvalue weighted by atomic mass is 19.1. The minimum atomic E-state index is -0.653. The SMILES string of the molecule is CCCC(NC(=O)NCc1ccc(F)cc1)C(=O)NCc1ccc(OC(C)C)nc1. The zero-order chi connectivity index (χ0) is 21.9. The molecule has 0 aliphatic rings. The molecule has 8 heteroatoms. The number of carbonyl (C=O) groups excluding carboxylic acids is 2. The predicted octanol–water partition coefficient (Wildman–Crippen LogP) is 3.29. The van der Waals surface area contributed by atoms with Gasteiger partial charge in [0, 0.05) is 25.4 Å². The van der Waals surface area contributed by atoms with Crippen LogP contribution in [0.3, 0.4) is 0 Å². The number of urea groups is 1. The van der Waals surface area contributed by atoms with E-state index in [0.717, 1.165) is 17.5 Å². The van der Waals surface area contributed by atoms with E-state index < -0.39 is 12.1 Å². The van der Waals surface area contributed by atoms with Gasteiger partial charge in [0.15, 0.2) is 0 Å². The van der Waals surface area contributed by atoms with Crippen LogP contribution in [0.2, 0.25) is 0 Å². The summed E-state index contributed by atoms with van der Waals surface area (Å²) in [6, 6.07) is 8.34. The third-order valence-electron chi connectivity index (χ3n) is 4.19. The highest BCUT2D eigenvalue weighted by Gasteiger charge is 2.19. The molecule has 1 aromatic carbocycles. The number of rotatable bonds is 10. The molecule has 0 fully saturated rings. The fourth-order valence-electron chi connectivity index (χ4n) is 2.69. The van der Waals surface area contributed by atoms with Crippen molar-refractivity contribution in [2.75, 3.05) is 0 Å². The van der Waals surface area contributed by atoms with E-state index in [0.29, 0.717) is 18.8 Å². The number of benzene rings is 1. The average Bonchev–Trinajstić information content (AvgIpc) is 2.72. The Morgan fingerprint density at radius 2 is 1.70 bits per heavy atom. The van der Waals surface area contributed by atoms with Crippen molar-refractivity contribution >= 4 is 11.9 Å². The summed E-state index contributed by atoms with van der Waals surface area (Å²) in [7, 11) is 0. The van der Waals surface area contributed by atoms with Gasteiger partial charge in [0.05, 0.1) is 6.10 Å². The zero-order valence-electron chi connectivity index (χ0n) is 17.6. The number of carbonyl (C=O) groups is 2. The molecule has 0 saturated heterocycles. The minimum Gasteiger partial charge on any atom is -0.475 e. The van der Waals surface area contributed by atoms with Crippen molar-refractivity contribution in [2.45, 2.75) is 58.8 Å². The molecule has 7 nitrogen and oxygen atoms in total. The number of amides is 3. The van der Waals surface area contributed by atoms with Gasteiger partial charge in [-0.2, -0.15) is 0 Å². The van der Waals surface area contributed by atoms with E-state index in [1.54, 1.807) is 24.4 Å². The van der Waals surface area contributed by atoms with Gasteiger partial charge in [0.2, 0.25) is 11.8 Å². The highest BCUT2D eigenvalue weighted by molar-refractivity contribution is 5.86. The van der Waals surface area contributed by atoms with E-state index in [9.17, 15) is 14.0 Å². The maximum absolute atomic E-state index is 12.9. The summed E-state index contributed by atoms with van der Waals surface area (Å²) in [4.78, 5) is 28.9. The van der Waals surface area contributed by atoms with Gasteiger partial charge in [0.1, 0.15) is 11.9 Å². The lowest BCUT2D eigenvalue weighted by atomic mass is 10.1. The van der Waals surface area contributed by atoms with Gasteiger partial charge in [-0.15, -0.1) is 0 Å². The van der Waals surface area contributed by atoms with Crippen LogP contribution in [0, 0.1) is 5.82 Å². The number of nitrogens with one attached hydrogen (secondary N) is 3. The normalized spacial score (nSPS) is 11.6. The van der Waals surface area contributed by atoms with Gasteiger partial charge >= 0.3 is 6.03 Å². The monoisotopic (exact) mass is 416 g/mol. The molecule has 3 N–H and O–H groups in total. The molecule has 1 atom stereocenters. The van der Waals surface area contributed by atoms with Crippen LogP contribution in [0.4, 0.5) is 9.18 Å². The largest absolute Gasteiger partial charge is 0.475 e. The Morgan fingerprint density at radius 3 is 2.30 bits per heavy atom. The van der Waals surface area contributed by atoms with Crippen LogP contribution in [0.5, 0.6) is 5.88 Å². The molecule has 3 amide bonds. The van der Waals surface area contributed by atoms with Crippen LogP contribution in [0.25, 0.3) is 0 Å². The summed E-state index contributed by atoms with van der Waals surface area (Å²) < 4.78 is 18.4. The fraction of sp³-hybridized carbons (Fsp3) is 0.409. The van der Waals surface area contributed by atoms with Crippen molar-refractivity contribution in [2.24, 2.45) is 0 Å². The Bertz CT molecular complexity index is 810. The van der Waals surface area contributed by atoms with Crippen LogP contribution in [-0.4, -0.2) is 29.1 Å². The van der Waals surface area contributed by atoms with Crippen molar-refractivity contribution < 1.29 is 18.7 Å². The second-order valence-electron chi connectivity index (χ2n) is 7.18. The molecular weight excluding hydrogens is 387 g/mol. The molecule has 2 aromatic rings. The minimum absolute atomic E-state index is 0.0399. The molecule has 0 radical (unpaired) electrons. The summed E-state index contributed by atoms with van der Waals surface area (Å²) in [5, 5.41) is 8.20. The molecule has 1 unspecified atom stereocenters. The van der Waals surface area contributed by atoms with Crippen molar-refractivity contribution in [1.82, 2.24) is 20.9 Å². The van der Waals surface area contributed by atoms with Crippen molar-refractivity contribution in [1.29, 1.82) is 0 Å². The second kappa shape index (κ2) is 11.7.